The van der Waals surface area contributed by atoms with E-state index in [-0.39, 0.29) is 0 Å². The summed E-state index contributed by atoms with van der Waals surface area (Å²) in [5.74, 6) is 1.73. The Balaban J connectivity index is 2.85. The Labute approximate surface area is 95.4 Å². The second kappa shape index (κ2) is 11.4. The minimum Gasteiger partial charge on any atom is -0.127 e. The maximum absolute atomic E-state index is 5.61. The van der Waals surface area contributed by atoms with Crippen LogP contribution in [0.4, 0.5) is 0 Å². The summed E-state index contributed by atoms with van der Waals surface area (Å²) in [4.78, 5) is 0. The zero-order chi connectivity index (χ0) is 10.6. The van der Waals surface area contributed by atoms with Crippen LogP contribution >= 0.6 is 11.6 Å². The van der Waals surface area contributed by atoms with Gasteiger partial charge < -0.3 is 0 Å². The molecule has 0 fully saturated rings. The molecule has 0 heterocycles. The van der Waals surface area contributed by atoms with Crippen molar-refractivity contribution in [2.45, 2.75) is 71.6 Å². The van der Waals surface area contributed by atoms with Crippen LogP contribution in [0.2, 0.25) is 0 Å². The molecule has 0 aliphatic rings. The van der Waals surface area contributed by atoms with Gasteiger partial charge in [-0.05, 0) is 12.3 Å². The molecule has 86 valence electrons. The molecule has 0 aromatic carbocycles. The molecule has 0 atom stereocenters. The number of halogens is 1. The first-order valence-corrected chi connectivity index (χ1v) is 6.86. The molecule has 0 aliphatic carbocycles. The van der Waals surface area contributed by atoms with Crippen LogP contribution in [0.15, 0.2) is 0 Å². The van der Waals surface area contributed by atoms with Crippen LogP contribution in [0.5, 0.6) is 0 Å². The maximum atomic E-state index is 5.61. The van der Waals surface area contributed by atoms with Crippen molar-refractivity contribution in [3.63, 3.8) is 0 Å². The Morgan fingerprint density at radius 1 is 0.714 bits per heavy atom. The van der Waals surface area contributed by atoms with E-state index in [1.165, 1.54) is 57.8 Å². The van der Waals surface area contributed by atoms with Crippen LogP contribution in [0.25, 0.3) is 0 Å². The first-order valence-electron chi connectivity index (χ1n) is 6.33. The third-order valence-corrected chi connectivity index (χ3v) is 2.93. The minimum absolute atomic E-state index is 0.842. The van der Waals surface area contributed by atoms with Crippen LogP contribution in [0.3, 0.4) is 0 Å². The van der Waals surface area contributed by atoms with Crippen molar-refractivity contribution in [1.82, 2.24) is 0 Å². The third kappa shape index (κ3) is 12.3. The largest absolute Gasteiger partial charge is 0.127 e. The van der Waals surface area contributed by atoms with Crippen LogP contribution in [0.1, 0.15) is 71.6 Å². The monoisotopic (exact) mass is 218 g/mol. The Bertz CT molecular complexity index is 99.4. The average Bonchev–Trinajstić information content (AvgIpc) is 2.15. The molecule has 0 amide bonds. The van der Waals surface area contributed by atoms with Crippen molar-refractivity contribution in [1.29, 1.82) is 0 Å². The molecule has 0 aromatic heterocycles. The molecule has 0 bridgehead atoms. The average molecular weight is 219 g/mol. The number of alkyl halides is 1. The normalized spacial score (nSPS) is 11.1. The van der Waals surface area contributed by atoms with Crippen molar-refractivity contribution < 1.29 is 0 Å². The molecular formula is C13H27Cl. The van der Waals surface area contributed by atoms with Crippen molar-refractivity contribution >= 4 is 11.6 Å². The molecule has 0 saturated heterocycles. The smallest absolute Gasteiger partial charge is 0.0223 e. The molecule has 0 spiro atoms. The fourth-order valence-corrected chi connectivity index (χ4v) is 1.90. The predicted molar refractivity (Wildman–Crippen MR) is 67.1 cm³/mol. The van der Waals surface area contributed by atoms with Gasteiger partial charge in [0.05, 0.1) is 0 Å². The van der Waals surface area contributed by atoms with Gasteiger partial charge in [-0.3, -0.25) is 0 Å². The number of unbranched alkanes of at least 4 members (excludes halogenated alkanes) is 7. The fourth-order valence-electron chi connectivity index (χ4n) is 1.71. The summed E-state index contributed by atoms with van der Waals surface area (Å²) in [7, 11) is 0. The summed E-state index contributed by atoms with van der Waals surface area (Å²) in [6, 6.07) is 0. The molecule has 0 saturated carbocycles. The first-order chi connectivity index (χ1) is 6.77. The summed E-state index contributed by atoms with van der Waals surface area (Å²) in [6.45, 7) is 4.62. The maximum Gasteiger partial charge on any atom is 0.0223 e. The summed E-state index contributed by atoms with van der Waals surface area (Å²) in [5, 5.41) is 0. The summed E-state index contributed by atoms with van der Waals surface area (Å²) in [6.07, 6.45) is 12.5. The lowest BCUT2D eigenvalue weighted by Crippen LogP contribution is -1.87. The van der Waals surface area contributed by atoms with Crippen LogP contribution in [-0.2, 0) is 0 Å². The van der Waals surface area contributed by atoms with Crippen LogP contribution in [-0.4, -0.2) is 5.88 Å². The van der Waals surface area contributed by atoms with E-state index in [2.05, 4.69) is 13.8 Å². The fraction of sp³-hybridized carbons (Fsp3) is 1.00. The molecule has 0 unspecified atom stereocenters. The van der Waals surface area contributed by atoms with E-state index in [0.717, 1.165) is 11.8 Å². The van der Waals surface area contributed by atoms with E-state index < -0.39 is 0 Å². The standard InChI is InChI=1S/C13H27Cl/c1-13(2)11-9-7-5-3-4-6-8-10-12-14/h13H,3-12H2,1-2H3. The van der Waals surface area contributed by atoms with E-state index in [1.54, 1.807) is 0 Å². The van der Waals surface area contributed by atoms with Gasteiger partial charge in [0.1, 0.15) is 0 Å². The van der Waals surface area contributed by atoms with Gasteiger partial charge in [-0.15, -0.1) is 11.6 Å². The second-order valence-electron chi connectivity index (χ2n) is 4.70. The Morgan fingerprint density at radius 2 is 1.14 bits per heavy atom. The zero-order valence-corrected chi connectivity index (χ0v) is 10.8. The molecular weight excluding hydrogens is 192 g/mol. The van der Waals surface area contributed by atoms with Crippen molar-refractivity contribution in [3.8, 4) is 0 Å². The molecule has 0 aliphatic heterocycles. The highest BCUT2D eigenvalue weighted by Crippen LogP contribution is 2.12. The summed E-state index contributed by atoms with van der Waals surface area (Å²) >= 11 is 5.61. The lowest BCUT2D eigenvalue weighted by Gasteiger charge is -2.04. The quantitative estimate of drug-likeness (QED) is 0.341. The van der Waals surface area contributed by atoms with Gasteiger partial charge in [-0.1, -0.05) is 65.2 Å². The van der Waals surface area contributed by atoms with Gasteiger partial charge in [0.15, 0.2) is 0 Å². The third-order valence-electron chi connectivity index (χ3n) is 2.67. The minimum atomic E-state index is 0.842. The van der Waals surface area contributed by atoms with Gasteiger partial charge >= 0.3 is 0 Å². The van der Waals surface area contributed by atoms with Crippen molar-refractivity contribution in [3.05, 3.63) is 0 Å². The van der Waals surface area contributed by atoms with E-state index in [1.807, 2.05) is 0 Å². The topological polar surface area (TPSA) is 0 Å². The second-order valence-corrected chi connectivity index (χ2v) is 5.08. The zero-order valence-electron chi connectivity index (χ0n) is 10.0. The lowest BCUT2D eigenvalue weighted by molar-refractivity contribution is 0.508. The molecule has 0 nitrogen and oxygen atoms in total. The lowest BCUT2D eigenvalue weighted by atomic mass is 10.0. The van der Waals surface area contributed by atoms with Gasteiger partial charge in [0.2, 0.25) is 0 Å². The summed E-state index contributed by atoms with van der Waals surface area (Å²) in [5.41, 5.74) is 0. The number of hydrogen-bond donors (Lipinski definition) is 0. The van der Waals surface area contributed by atoms with Crippen molar-refractivity contribution in [2.24, 2.45) is 5.92 Å². The highest BCUT2D eigenvalue weighted by atomic mass is 35.5. The molecule has 14 heavy (non-hydrogen) atoms. The molecule has 0 radical (unpaired) electrons. The van der Waals surface area contributed by atoms with E-state index in [0.29, 0.717) is 0 Å². The Morgan fingerprint density at radius 3 is 1.57 bits per heavy atom. The van der Waals surface area contributed by atoms with Crippen LogP contribution in [0, 0.1) is 5.92 Å². The van der Waals surface area contributed by atoms with Gasteiger partial charge in [-0.2, -0.15) is 0 Å². The van der Waals surface area contributed by atoms with E-state index in [9.17, 15) is 0 Å². The molecule has 1 heteroatoms. The Hall–Kier alpha value is 0.290. The van der Waals surface area contributed by atoms with E-state index in [4.69, 9.17) is 11.6 Å². The van der Waals surface area contributed by atoms with Crippen molar-refractivity contribution in [2.75, 3.05) is 5.88 Å². The SMILES string of the molecule is CC(C)CCCCCCCCCCCl. The summed E-state index contributed by atoms with van der Waals surface area (Å²) < 4.78 is 0. The van der Waals surface area contributed by atoms with Gasteiger partial charge in [0.25, 0.3) is 0 Å². The number of hydrogen-bond acceptors (Lipinski definition) is 0. The van der Waals surface area contributed by atoms with Gasteiger partial charge in [0, 0.05) is 5.88 Å². The first kappa shape index (κ1) is 14.3. The predicted octanol–water partition coefficient (Wildman–Crippen LogP) is 5.39. The molecule has 0 aromatic rings. The Kier molecular flexibility index (Phi) is 11.6. The van der Waals surface area contributed by atoms with E-state index >= 15 is 0 Å². The molecule has 0 rings (SSSR count). The molecule has 0 N–H and O–H groups in total. The highest BCUT2D eigenvalue weighted by Gasteiger charge is 1.94. The van der Waals surface area contributed by atoms with Crippen LogP contribution < -0.4 is 0 Å². The number of rotatable bonds is 10. The highest BCUT2D eigenvalue weighted by molar-refractivity contribution is 6.17. The van der Waals surface area contributed by atoms with Gasteiger partial charge in [-0.25, -0.2) is 0 Å².